The minimum atomic E-state index is -0.533. The second kappa shape index (κ2) is 6.40. The highest BCUT2D eigenvalue weighted by atomic mass is 16.6. The van der Waals surface area contributed by atoms with Gasteiger partial charge in [0.25, 0.3) is 0 Å². The van der Waals surface area contributed by atoms with Crippen molar-refractivity contribution in [3.05, 3.63) is 30.3 Å². The summed E-state index contributed by atoms with van der Waals surface area (Å²) in [6, 6.07) is 9.16. The first-order chi connectivity index (χ1) is 8.75. The first-order valence-corrected chi connectivity index (χ1v) is 6.46. The summed E-state index contributed by atoms with van der Waals surface area (Å²) in [5.74, 6) is 0. The predicted molar refractivity (Wildman–Crippen MR) is 69.4 cm³/mol. The fourth-order valence-electron chi connectivity index (χ4n) is 2.20. The average molecular weight is 249 g/mol. The van der Waals surface area contributed by atoms with Gasteiger partial charge in [0, 0.05) is 5.69 Å². The van der Waals surface area contributed by atoms with Gasteiger partial charge in [-0.15, -0.1) is 0 Å². The van der Waals surface area contributed by atoms with E-state index in [0.29, 0.717) is 12.1 Å². The van der Waals surface area contributed by atoms with E-state index in [1.54, 1.807) is 12.1 Å². The Hall–Kier alpha value is -1.55. The third-order valence-electron chi connectivity index (χ3n) is 3.20. The molecule has 98 valence electrons. The Labute approximate surface area is 107 Å². The van der Waals surface area contributed by atoms with E-state index in [2.05, 4.69) is 5.32 Å². The molecule has 1 aromatic carbocycles. The zero-order valence-electron chi connectivity index (χ0n) is 10.3. The molecule has 1 aliphatic rings. The standard InChI is InChI=1S/C14H19NO3/c16-12-9-5-2-6-10-13(12)18-14(17)15-11-7-3-1-4-8-11/h1,3-4,7-8,12-13,16H,2,5-6,9-10H2,(H,15,17)/t12-,13+/m0/s1. The summed E-state index contributed by atoms with van der Waals surface area (Å²) in [7, 11) is 0. The van der Waals surface area contributed by atoms with Crippen LogP contribution in [0, 0.1) is 0 Å². The molecule has 0 heterocycles. The monoisotopic (exact) mass is 249 g/mol. The summed E-state index contributed by atoms with van der Waals surface area (Å²) in [5.41, 5.74) is 0.700. The van der Waals surface area contributed by atoms with E-state index in [4.69, 9.17) is 4.74 Å². The number of carbonyl (C=O) groups excluding carboxylic acids is 1. The summed E-state index contributed by atoms with van der Waals surface area (Å²) in [5, 5.41) is 12.5. The van der Waals surface area contributed by atoms with Crippen molar-refractivity contribution in [2.45, 2.75) is 44.3 Å². The van der Waals surface area contributed by atoms with Crippen LogP contribution in [0.5, 0.6) is 0 Å². The first kappa shape index (κ1) is 12.9. The summed E-state index contributed by atoms with van der Waals surface area (Å²) in [4.78, 5) is 11.7. The van der Waals surface area contributed by atoms with E-state index in [9.17, 15) is 9.90 Å². The second-order valence-electron chi connectivity index (χ2n) is 4.64. The largest absolute Gasteiger partial charge is 0.443 e. The maximum absolute atomic E-state index is 11.7. The van der Waals surface area contributed by atoms with Crippen molar-refractivity contribution in [2.24, 2.45) is 0 Å². The lowest BCUT2D eigenvalue weighted by Gasteiger charge is -2.20. The molecule has 4 nitrogen and oxygen atoms in total. The lowest BCUT2D eigenvalue weighted by molar-refractivity contribution is 0.00484. The summed E-state index contributed by atoms with van der Waals surface area (Å²) in [6.07, 6.45) is 3.14. The molecule has 0 radical (unpaired) electrons. The Bertz CT molecular complexity index is 380. The van der Waals surface area contributed by atoms with Crippen LogP contribution in [0.25, 0.3) is 0 Å². The number of rotatable bonds is 2. The van der Waals surface area contributed by atoms with Gasteiger partial charge >= 0.3 is 6.09 Å². The Morgan fingerprint density at radius 1 is 1.17 bits per heavy atom. The summed E-state index contributed by atoms with van der Waals surface area (Å²) in [6.45, 7) is 0. The lowest BCUT2D eigenvalue weighted by Crippen LogP contribution is -2.32. The van der Waals surface area contributed by atoms with Crippen LogP contribution in [0.1, 0.15) is 32.1 Å². The second-order valence-corrected chi connectivity index (χ2v) is 4.64. The molecule has 1 saturated carbocycles. The highest BCUT2D eigenvalue weighted by Gasteiger charge is 2.25. The van der Waals surface area contributed by atoms with Crippen LogP contribution in [0.15, 0.2) is 30.3 Å². The van der Waals surface area contributed by atoms with Gasteiger partial charge in [-0.05, 0) is 31.4 Å². The number of para-hydroxylation sites is 1. The maximum atomic E-state index is 11.7. The number of aliphatic hydroxyl groups excluding tert-OH is 1. The van der Waals surface area contributed by atoms with Crippen molar-refractivity contribution >= 4 is 11.8 Å². The summed E-state index contributed by atoms with van der Waals surface area (Å²) >= 11 is 0. The van der Waals surface area contributed by atoms with Gasteiger partial charge in [-0.1, -0.05) is 31.0 Å². The number of nitrogens with one attached hydrogen (secondary N) is 1. The van der Waals surface area contributed by atoms with Gasteiger partial charge in [-0.3, -0.25) is 5.32 Å². The lowest BCUT2D eigenvalue weighted by atomic mass is 10.1. The molecule has 4 heteroatoms. The molecule has 2 N–H and O–H groups in total. The van der Waals surface area contributed by atoms with Crippen LogP contribution in [0.2, 0.25) is 0 Å². The molecule has 2 atom stereocenters. The van der Waals surface area contributed by atoms with Crippen LogP contribution in [-0.4, -0.2) is 23.4 Å². The fourth-order valence-corrected chi connectivity index (χ4v) is 2.20. The third kappa shape index (κ3) is 3.74. The number of ether oxygens (including phenoxy) is 1. The molecular formula is C14H19NO3. The molecule has 18 heavy (non-hydrogen) atoms. The third-order valence-corrected chi connectivity index (χ3v) is 3.20. The van der Waals surface area contributed by atoms with Crippen molar-refractivity contribution < 1.29 is 14.6 Å². The number of amides is 1. The molecule has 0 saturated heterocycles. The van der Waals surface area contributed by atoms with Gasteiger partial charge in [0.15, 0.2) is 0 Å². The van der Waals surface area contributed by atoms with Crippen molar-refractivity contribution in [1.29, 1.82) is 0 Å². The molecule has 0 bridgehead atoms. The SMILES string of the molecule is O=C(Nc1ccccc1)O[C@@H]1CCCCC[C@@H]1O. The normalized spacial score (nSPS) is 24.1. The van der Waals surface area contributed by atoms with Crippen molar-refractivity contribution in [3.8, 4) is 0 Å². The molecule has 1 aromatic rings. The van der Waals surface area contributed by atoms with E-state index in [-0.39, 0.29) is 6.10 Å². The molecule has 0 aliphatic heterocycles. The molecule has 2 rings (SSSR count). The molecule has 1 amide bonds. The first-order valence-electron chi connectivity index (χ1n) is 6.46. The quantitative estimate of drug-likeness (QED) is 0.792. The van der Waals surface area contributed by atoms with Gasteiger partial charge in [-0.2, -0.15) is 0 Å². The van der Waals surface area contributed by atoms with E-state index < -0.39 is 12.2 Å². The average Bonchev–Trinajstić information content (AvgIpc) is 2.56. The van der Waals surface area contributed by atoms with Crippen LogP contribution < -0.4 is 5.32 Å². The molecule has 0 unspecified atom stereocenters. The Morgan fingerprint density at radius 2 is 1.89 bits per heavy atom. The van der Waals surface area contributed by atoms with Gasteiger partial charge < -0.3 is 9.84 Å². The fraction of sp³-hybridized carbons (Fsp3) is 0.500. The number of anilines is 1. The van der Waals surface area contributed by atoms with E-state index in [1.165, 1.54) is 0 Å². The highest BCUT2D eigenvalue weighted by Crippen LogP contribution is 2.21. The van der Waals surface area contributed by atoms with E-state index in [1.807, 2.05) is 18.2 Å². The number of hydrogen-bond donors (Lipinski definition) is 2. The van der Waals surface area contributed by atoms with Crippen LogP contribution >= 0.6 is 0 Å². The van der Waals surface area contributed by atoms with Crippen LogP contribution in [0.3, 0.4) is 0 Å². The molecule has 0 aromatic heterocycles. The predicted octanol–water partition coefficient (Wildman–Crippen LogP) is 2.93. The van der Waals surface area contributed by atoms with Crippen molar-refractivity contribution in [2.75, 3.05) is 5.32 Å². The highest BCUT2D eigenvalue weighted by molar-refractivity contribution is 5.84. The van der Waals surface area contributed by atoms with Crippen LogP contribution in [-0.2, 0) is 4.74 Å². The Kier molecular flexibility index (Phi) is 4.59. The number of aliphatic hydroxyl groups is 1. The van der Waals surface area contributed by atoms with Gasteiger partial charge in [0.05, 0.1) is 6.10 Å². The van der Waals surface area contributed by atoms with Gasteiger partial charge in [-0.25, -0.2) is 4.79 Å². The van der Waals surface area contributed by atoms with Crippen LogP contribution in [0.4, 0.5) is 10.5 Å². The maximum Gasteiger partial charge on any atom is 0.411 e. The van der Waals surface area contributed by atoms with Gasteiger partial charge in [0.2, 0.25) is 0 Å². The number of hydrogen-bond acceptors (Lipinski definition) is 3. The Balaban J connectivity index is 1.86. The van der Waals surface area contributed by atoms with Crippen molar-refractivity contribution in [3.63, 3.8) is 0 Å². The minimum Gasteiger partial charge on any atom is -0.443 e. The molecule has 0 spiro atoms. The molecular weight excluding hydrogens is 230 g/mol. The number of carbonyl (C=O) groups is 1. The molecule has 1 fully saturated rings. The zero-order chi connectivity index (χ0) is 12.8. The smallest absolute Gasteiger partial charge is 0.411 e. The zero-order valence-corrected chi connectivity index (χ0v) is 10.3. The Morgan fingerprint density at radius 3 is 2.67 bits per heavy atom. The topological polar surface area (TPSA) is 58.6 Å². The summed E-state index contributed by atoms with van der Waals surface area (Å²) < 4.78 is 5.29. The van der Waals surface area contributed by atoms with E-state index in [0.717, 1.165) is 25.7 Å². The van der Waals surface area contributed by atoms with Crippen molar-refractivity contribution in [1.82, 2.24) is 0 Å². The van der Waals surface area contributed by atoms with Gasteiger partial charge in [0.1, 0.15) is 6.10 Å². The minimum absolute atomic E-state index is 0.379. The van der Waals surface area contributed by atoms with E-state index >= 15 is 0 Å². The number of benzene rings is 1. The molecule has 1 aliphatic carbocycles.